The van der Waals surface area contributed by atoms with E-state index in [0.717, 1.165) is 0 Å². The zero-order chi connectivity index (χ0) is 16.1. The van der Waals surface area contributed by atoms with E-state index in [1.165, 1.54) is 18.2 Å². The van der Waals surface area contributed by atoms with Crippen LogP contribution in [0.15, 0.2) is 23.1 Å². The number of rotatable bonds is 6. The Labute approximate surface area is 120 Å². The predicted molar refractivity (Wildman–Crippen MR) is 68.0 cm³/mol. The Morgan fingerprint density at radius 2 is 2.05 bits per heavy atom. The third-order valence-corrected chi connectivity index (χ3v) is 4.01. The number of nitrogens with one attached hydrogen (secondary N) is 1. The Morgan fingerprint density at radius 1 is 1.38 bits per heavy atom. The molecule has 116 valence electrons. The first-order valence-electron chi connectivity index (χ1n) is 5.80. The van der Waals surface area contributed by atoms with E-state index in [1.54, 1.807) is 6.92 Å². The number of hydrogen-bond acceptors (Lipinski definition) is 4. The summed E-state index contributed by atoms with van der Waals surface area (Å²) in [6.45, 7) is -0.585. The van der Waals surface area contributed by atoms with Crippen molar-refractivity contribution in [2.75, 3.05) is 19.8 Å². The van der Waals surface area contributed by atoms with Crippen LogP contribution in [0.25, 0.3) is 0 Å². The van der Waals surface area contributed by atoms with E-state index in [9.17, 15) is 21.6 Å². The van der Waals surface area contributed by atoms with Gasteiger partial charge < -0.3 is 4.74 Å². The van der Waals surface area contributed by atoms with Crippen LogP contribution >= 0.6 is 0 Å². The second kappa shape index (κ2) is 6.89. The third-order valence-electron chi connectivity index (χ3n) is 2.41. The summed E-state index contributed by atoms with van der Waals surface area (Å²) in [5, 5.41) is 8.75. The van der Waals surface area contributed by atoms with E-state index in [0.29, 0.717) is 5.56 Å². The zero-order valence-corrected chi connectivity index (χ0v) is 11.9. The number of hydrogen-bond donors (Lipinski definition) is 1. The minimum absolute atomic E-state index is 0.0858. The van der Waals surface area contributed by atoms with Gasteiger partial charge in [-0.1, -0.05) is 6.07 Å². The molecule has 1 aromatic rings. The summed E-state index contributed by atoms with van der Waals surface area (Å²) in [4.78, 5) is -0.0858. The molecule has 9 heteroatoms. The van der Waals surface area contributed by atoms with Gasteiger partial charge in [0, 0.05) is 6.54 Å². The fraction of sp³-hybridized carbons (Fsp3) is 0.417. The van der Waals surface area contributed by atoms with Gasteiger partial charge in [0.25, 0.3) is 0 Å². The van der Waals surface area contributed by atoms with Crippen molar-refractivity contribution >= 4 is 10.0 Å². The molecular formula is C12H13F3N2O3S. The molecule has 0 aliphatic rings. The van der Waals surface area contributed by atoms with Crippen LogP contribution in [0.4, 0.5) is 13.2 Å². The van der Waals surface area contributed by atoms with E-state index in [2.05, 4.69) is 9.46 Å². The average molecular weight is 322 g/mol. The lowest BCUT2D eigenvalue weighted by atomic mass is 10.2. The lowest BCUT2D eigenvalue weighted by Crippen LogP contribution is -2.29. The maximum Gasteiger partial charge on any atom is 0.411 e. The molecule has 0 radical (unpaired) electrons. The van der Waals surface area contributed by atoms with E-state index < -0.39 is 29.4 Å². The number of ether oxygens (including phenoxy) is 1. The summed E-state index contributed by atoms with van der Waals surface area (Å²) in [7, 11) is -3.90. The summed E-state index contributed by atoms with van der Waals surface area (Å²) in [6, 6.07) is 5.97. The molecule has 1 rings (SSSR count). The Bertz CT molecular complexity index is 636. The quantitative estimate of drug-likeness (QED) is 0.809. The van der Waals surface area contributed by atoms with Crippen molar-refractivity contribution in [1.82, 2.24) is 4.72 Å². The fourth-order valence-corrected chi connectivity index (χ4v) is 2.75. The number of benzene rings is 1. The highest BCUT2D eigenvalue weighted by Crippen LogP contribution is 2.17. The molecule has 0 unspecified atom stereocenters. The fourth-order valence-electron chi connectivity index (χ4n) is 1.47. The third kappa shape index (κ3) is 5.71. The van der Waals surface area contributed by atoms with Gasteiger partial charge >= 0.3 is 6.18 Å². The predicted octanol–water partition coefficient (Wildman–Crippen LogP) is 1.72. The lowest BCUT2D eigenvalue weighted by molar-refractivity contribution is -0.173. The molecule has 0 saturated carbocycles. The number of halogens is 3. The molecule has 0 amide bonds. The van der Waals surface area contributed by atoms with Crippen LogP contribution in [0.2, 0.25) is 0 Å². The summed E-state index contributed by atoms with van der Waals surface area (Å²) in [5.74, 6) is 0. The second-order valence-electron chi connectivity index (χ2n) is 4.16. The summed E-state index contributed by atoms with van der Waals surface area (Å²) in [6.07, 6.45) is -4.45. The molecule has 0 saturated heterocycles. The lowest BCUT2D eigenvalue weighted by Gasteiger charge is -2.10. The first-order chi connectivity index (χ1) is 9.65. The van der Waals surface area contributed by atoms with Gasteiger partial charge in [-0.05, 0) is 24.6 Å². The van der Waals surface area contributed by atoms with E-state index in [-0.39, 0.29) is 17.0 Å². The number of nitriles is 1. The van der Waals surface area contributed by atoms with E-state index in [1.807, 2.05) is 6.07 Å². The van der Waals surface area contributed by atoms with Crippen molar-refractivity contribution in [2.45, 2.75) is 18.0 Å². The minimum atomic E-state index is -4.45. The molecule has 0 atom stereocenters. The van der Waals surface area contributed by atoms with Crippen LogP contribution < -0.4 is 4.72 Å². The maximum atomic E-state index is 12.0. The molecule has 0 aliphatic heterocycles. The van der Waals surface area contributed by atoms with Crippen molar-refractivity contribution in [3.05, 3.63) is 29.3 Å². The van der Waals surface area contributed by atoms with Crippen molar-refractivity contribution < 1.29 is 26.3 Å². The zero-order valence-electron chi connectivity index (χ0n) is 11.1. The van der Waals surface area contributed by atoms with Crippen molar-refractivity contribution in [1.29, 1.82) is 5.26 Å². The highest BCUT2D eigenvalue weighted by Gasteiger charge is 2.27. The standard InChI is InChI=1S/C12H13F3N2O3S/c1-9-2-3-10(7-16)6-11(9)21(18,19)17-4-5-20-8-12(13,14)15/h2-3,6,17H,4-5,8H2,1H3. The molecule has 5 nitrogen and oxygen atoms in total. The molecule has 1 aromatic carbocycles. The van der Waals surface area contributed by atoms with Gasteiger partial charge in [-0.2, -0.15) is 18.4 Å². The Morgan fingerprint density at radius 3 is 2.62 bits per heavy atom. The molecule has 0 bridgehead atoms. The van der Waals surface area contributed by atoms with Crippen molar-refractivity contribution in [2.24, 2.45) is 0 Å². The summed E-state index contributed by atoms with van der Waals surface area (Å²) < 4.78 is 65.9. The maximum absolute atomic E-state index is 12.0. The van der Waals surface area contributed by atoms with Gasteiger partial charge in [0.15, 0.2) is 0 Å². The van der Waals surface area contributed by atoms with Crippen LogP contribution in [0.3, 0.4) is 0 Å². The molecule has 0 heterocycles. The smallest absolute Gasteiger partial charge is 0.371 e. The largest absolute Gasteiger partial charge is 0.411 e. The highest BCUT2D eigenvalue weighted by atomic mass is 32.2. The normalized spacial score (nSPS) is 12.1. The van der Waals surface area contributed by atoms with Crippen LogP contribution in [0.5, 0.6) is 0 Å². The van der Waals surface area contributed by atoms with Crippen LogP contribution in [-0.2, 0) is 14.8 Å². The highest BCUT2D eigenvalue weighted by molar-refractivity contribution is 7.89. The molecule has 0 fully saturated rings. The number of aryl methyl sites for hydroxylation is 1. The Hall–Kier alpha value is -1.63. The van der Waals surface area contributed by atoms with E-state index >= 15 is 0 Å². The molecule has 1 N–H and O–H groups in total. The summed E-state index contributed by atoms with van der Waals surface area (Å²) in [5.41, 5.74) is 0.604. The van der Waals surface area contributed by atoms with Crippen molar-refractivity contribution in [3.8, 4) is 6.07 Å². The molecule has 0 aromatic heterocycles. The van der Waals surface area contributed by atoms with Gasteiger partial charge in [-0.15, -0.1) is 0 Å². The number of sulfonamides is 1. The van der Waals surface area contributed by atoms with Gasteiger partial charge in [0.2, 0.25) is 10.0 Å². The van der Waals surface area contributed by atoms with Crippen LogP contribution in [-0.4, -0.2) is 34.4 Å². The summed E-state index contributed by atoms with van der Waals surface area (Å²) >= 11 is 0. The minimum Gasteiger partial charge on any atom is -0.371 e. The molecule has 21 heavy (non-hydrogen) atoms. The van der Waals surface area contributed by atoms with E-state index in [4.69, 9.17) is 5.26 Å². The molecule has 0 aliphatic carbocycles. The van der Waals surface area contributed by atoms with Crippen LogP contribution in [0.1, 0.15) is 11.1 Å². The number of nitrogens with zero attached hydrogens (tertiary/aromatic N) is 1. The first-order valence-corrected chi connectivity index (χ1v) is 7.29. The SMILES string of the molecule is Cc1ccc(C#N)cc1S(=O)(=O)NCCOCC(F)(F)F. The van der Waals surface area contributed by atoms with Gasteiger partial charge in [0.05, 0.1) is 23.1 Å². The monoisotopic (exact) mass is 322 g/mol. The number of alkyl halides is 3. The van der Waals surface area contributed by atoms with Gasteiger partial charge in [-0.25, -0.2) is 13.1 Å². The topological polar surface area (TPSA) is 79.2 Å². The van der Waals surface area contributed by atoms with Crippen molar-refractivity contribution in [3.63, 3.8) is 0 Å². The Kier molecular flexibility index (Phi) is 5.71. The Balaban J connectivity index is 2.64. The second-order valence-corrected chi connectivity index (χ2v) is 5.89. The van der Waals surface area contributed by atoms with Gasteiger partial charge in [-0.3, -0.25) is 0 Å². The first kappa shape index (κ1) is 17.4. The molecular weight excluding hydrogens is 309 g/mol. The molecule has 0 spiro atoms. The average Bonchev–Trinajstić information content (AvgIpc) is 2.37. The van der Waals surface area contributed by atoms with Gasteiger partial charge in [0.1, 0.15) is 6.61 Å². The van der Waals surface area contributed by atoms with Crippen LogP contribution in [0, 0.1) is 18.3 Å².